The van der Waals surface area contributed by atoms with Crippen LogP contribution in [0.5, 0.6) is 5.75 Å². The molecule has 0 spiro atoms. The molecule has 0 radical (unpaired) electrons. The molecule has 4 heteroatoms. The third kappa shape index (κ3) is 4.71. The molecule has 0 aromatic heterocycles. The number of carbonyl (C=O) groups excluding carboxylic acids is 1. The van der Waals surface area contributed by atoms with Crippen LogP contribution in [0.25, 0.3) is 0 Å². The maximum absolute atomic E-state index is 12.4. The van der Waals surface area contributed by atoms with E-state index in [9.17, 15) is 9.90 Å². The third-order valence-corrected chi connectivity index (χ3v) is 5.12. The van der Waals surface area contributed by atoms with Crippen molar-refractivity contribution in [3.63, 3.8) is 0 Å². The van der Waals surface area contributed by atoms with Crippen LogP contribution in [0.1, 0.15) is 45.1 Å². The summed E-state index contributed by atoms with van der Waals surface area (Å²) in [7, 11) is 0. The zero-order valence-corrected chi connectivity index (χ0v) is 14.4. The summed E-state index contributed by atoms with van der Waals surface area (Å²) in [5, 5.41) is 9.57. The van der Waals surface area contributed by atoms with Gasteiger partial charge in [-0.15, -0.1) is 0 Å². The average Bonchev–Trinajstić information content (AvgIpc) is 2.61. The Labute approximate surface area is 139 Å². The van der Waals surface area contributed by atoms with Crippen LogP contribution >= 0.6 is 0 Å². The molecule has 23 heavy (non-hydrogen) atoms. The van der Waals surface area contributed by atoms with Crippen molar-refractivity contribution in [3.8, 4) is 5.75 Å². The average molecular weight is 319 g/mol. The molecule has 1 heterocycles. The first-order valence-corrected chi connectivity index (χ1v) is 8.73. The molecule has 4 nitrogen and oxygen atoms in total. The topological polar surface area (TPSA) is 49.8 Å². The van der Waals surface area contributed by atoms with Gasteiger partial charge in [0.25, 0.3) is 0 Å². The maximum atomic E-state index is 12.4. The Kier molecular flexibility index (Phi) is 6.46. The van der Waals surface area contributed by atoms with Crippen molar-refractivity contribution in [2.75, 3.05) is 26.3 Å². The van der Waals surface area contributed by atoms with Crippen molar-refractivity contribution in [1.29, 1.82) is 0 Å². The maximum Gasteiger partial charge on any atom is 0.222 e. The molecule has 0 atom stereocenters. The predicted molar refractivity (Wildman–Crippen MR) is 91.6 cm³/mol. The lowest BCUT2D eigenvalue weighted by atomic mass is 9.77. The number of aryl methyl sites for hydroxylation is 1. The van der Waals surface area contributed by atoms with E-state index < -0.39 is 0 Å². The summed E-state index contributed by atoms with van der Waals surface area (Å²) in [6.07, 6.45) is 4.12. The Morgan fingerprint density at radius 3 is 2.39 bits per heavy atom. The van der Waals surface area contributed by atoms with Crippen molar-refractivity contribution in [2.45, 2.75) is 46.0 Å². The van der Waals surface area contributed by atoms with E-state index in [0.717, 1.165) is 50.1 Å². The van der Waals surface area contributed by atoms with Gasteiger partial charge in [0.1, 0.15) is 5.75 Å². The molecule has 1 fully saturated rings. The number of hydrogen-bond donors (Lipinski definition) is 1. The first-order chi connectivity index (χ1) is 11.1. The summed E-state index contributed by atoms with van der Waals surface area (Å²) >= 11 is 0. The van der Waals surface area contributed by atoms with Gasteiger partial charge < -0.3 is 14.7 Å². The molecule has 0 aliphatic carbocycles. The first kappa shape index (κ1) is 17.8. The predicted octanol–water partition coefficient (Wildman–Crippen LogP) is 3.03. The Bertz CT molecular complexity index is 484. The van der Waals surface area contributed by atoms with Crippen molar-refractivity contribution in [2.24, 2.45) is 5.41 Å². The molecule has 128 valence electrons. The number of carbonyl (C=O) groups is 1. The Morgan fingerprint density at radius 1 is 1.22 bits per heavy atom. The molecule has 0 unspecified atom stereocenters. The molecule has 0 saturated carbocycles. The van der Waals surface area contributed by atoms with Crippen LogP contribution in [0.2, 0.25) is 0 Å². The standard InChI is InChI=1S/C19H29NO3/c1-3-19(15-21)11-13-20(14-12-19)18(22)10-7-16-5-8-17(9-6-16)23-4-2/h5-6,8-9,21H,3-4,7,10-15H2,1-2H3. The van der Waals surface area contributed by atoms with Gasteiger partial charge in [-0.05, 0) is 55.7 Å². The van der Waals surface area contributed by atoms with Crippen molar-refractivity contribution in [3.05, 3.63) is 29.8 Å². The lowest BCUT2D eigenvalue weighted by molar-refractivity contribution is -0.134. The van der Waals surface area contributed by atoms with Gasteiger partial charge in [-0.25, -0.2) is 0 Å². The largest absolute Gasteiger partial charge is 0.494 e. The van der Waals surface area contributed by atoms with Crippen molar-refractivity contribution >= 4 is 5.91 Å². The van der Waals surface area contributed by atoms with Gasteiger partial charge in [0, 0.05) is 26.1 Å². The van der Waals surface area contributed by atoms with Crippen LogP contribution in [-0.2, 0) is 11.2 Å². The highest BCUT2D eigenvalue weighted by atomic mass is 16.5. The minimum atomic E-state index is 0.0336. The van der Waals surface area contributed by atoms with E-state index in [1.54, 1.807) is 0 Å². The van der Waals surface area contributed by atoms with E-state index in [0.29, 0.717) is 13.0 Å². The SMILES string of the molecule is CCOc1ccc(CCC(=O)N2CCC(CC)(CO)CC2)cc1. The molecule has 1 aliphatic heterocycles. The highest BCUT2D eigenvalue weighted by Gasteiger charge is 2.33. The molecule has 1 aliphatic rings. The van der Waals surface area contributed by atoms with E-state index in [1.165, 1.54) is 0 Å². The quantitative estimate of drug-likeness (QED) is 0.840. The van der Waals surface area contributed by atoms with E-state index in [4.69, 9.17) is 4.74 Å². The summed E-state index contributed by atoms with van der Waals surface area (Å²) in [6, 6.07) is 7.98. The number of rotatable bonds is 7. The fourth-order valence-electron chi connectivity index (χ4n) is 3.18. The van der Waals surface area contributed by atoms with E-state index in [-0.39, 0.29) is 17.9 Å². The van der Waals surface area contributed by atoms with Crippen LogP contribution in [0.15, 0.2) is 24.3 Å². The molecule has 1 aromatic rings. The molecule has 0 bridgehead atoms. The van der Waals surface area contributed by atoms with Gasteiger partial charge >= 0.3 is 0 Å². The fourth-order valence-corrected chi connectivity index (χ4v) is 3.18. The highest BCUT2D eigenvalue weighted by Crippen LogP contribution is 2.34. The number of nitrogens with zero attached hydrogens (tertiary/aromatic N) is 1. The number of hydrogen-bond acceptors (Lipinski definition) is 3. The van der Waals surface area contributed by atoms with E-state index in [1.807, 2.05) is 36.1 Å². The second-order valence-corrected chi connectivity index (χ2v) is 6.47. The van der Waals surface area contributed by atoms with Crippen LogP contribution in [0.4, 0.5) is 0 Å². The second kappa shape index (κ2) is 8.34. The smallest absolute Gasteiger partial charge is 0.222 e. The van der Waals surface area contributed by atoms with E-state index >= 15 is 0 Å². The number of benzene rings is 1. The molecule has 1 aromatic carbocycles. The lowest BCUT2D eigenvalue weighted by Gasteiger charge is -2.40. The summed E-state index contributed by atoms with van der Waals surface area (Å²) < 4.78 is 5.43. The monoisotopic (exact) mass is 319 g/mol. The second-order valence-electron chi connectivity index (χ2n) is 6.47. The van der Waals surface area contributed by atoms with Gasteiger partial charge in [-0.1, -0.05) is 19.1 Å². The normalized spacial score (nSPS) is 17.1. The van der Waals surface area contributed by atoms with Gasteiger partial charge in [0.15, 0.2) is 0 Å². The van der Waals surface area contributed by atoms with Crippen molar-refractivity contribution < 1.29 is 14.6 Å². The van der Waals surface area contributed by atoms with E-state index in [2.05, 4.69) is 6.92 Å². The number of ether oxygens (including phenoxy) is 1. The molecular formula is C19H29NO3. The lowest BCUT2D eigenvalue weighted by Crippen LogP contribution is -2.44. The summed E-state index contributed by atoms with van der Waals surface area (Å²) in [4.78, 5) is 14.3. The molecular weight excluding hydrogens is 290 g/mol. The fraction of sp³-hybridized carbons (Fsp3) is 0.632. The number of likely N-dealkylation sites (tertiary alicyclic amines) is 1. The van der Waals surface area contributed by atoms with Crippen LogP contribution < -0.4 is 4.74 Å². The molecule has 1 amide bonds. The van der Waals surface area contributed by atoms with Gasteiger partial charge in [0.05, 0.1) is 6.61 Å². The zero-order chi connectivity index (χ0) is 16.7. The molecule has 2 rings (SSSR count). The Balaban J connectivity index is 1.79. The van der Waals surface area contributed by atoms with Crippen LogP contribution in [0, 0.1) is 5.41 Å². The zero-order valence-electron chi connectivity index (χ0n) is 14.4. The number of aliphatic hydroxyl groups is 1. The Morgan fingerprint density at radius 2 is 1.87 bits per heavy atom. The van der Waals surface area contributed by atoms with Gasteiger partial charge in [0.2, 0.25) is 5.91 Å². The molecule has 1 saturated heterocycles. The van der Waals surface area contributed by atoms with Gasteiger partial charge in [-0.3, -0.25) is 4.79 Å². The number of amides is 1. The number of piperidine rings is 1. The highest BCUT2D eigenvalue weighted by molar-refractivity contribution is 5.76. The summed E-state index contributed by atoms with van der Waals surface area (Å²) in [5.74, 6) is 1.10. The number of aliphatic hydroxyl groups excluding tert-OH is 1. The third-order valence-electron chi connectivity index (χ3n) is 5.12. The summed E-state index contributed by atoms with van der Waals surface area (Å²) in [6.45, 7) is 6.54. The minimum absolute atomic E-state index is 0.0336. The van der Waals surface area contributed by atoms with Crippen LogP contribution in [-0.4, -0.2) is 42.2 Å². The van der Waals surface area contributed by atoms with Crippen LogP contribution in [0.3, 0.4) is 0 Å². The minimum Gasteiger partial charge on any atom is -0.494 e. The summed E-state index contributed by atoms with van der Waals surface area (Å²) in [5.41, 5.74) is 1.20. The first-order valence-electron chi connectivity index (χ1n) is 8.73. The van der Waals surface area contributed by atoms with Crippen molar-refractivity contribution in [1.82, 2.24) is 4.90 Å². The Hall–Kier alpha value is -1.55. The van der Waals surface area contributed by atoms with Gasteiger partial charge in [-0.2, -0.15) is 0 Å². The molecule has 1 N–H and O–H groups in total.